The lowest BCUT2D eigenvalue weighted by Gasteiger charge is -2.24. The molecule has 30 heavy (non-hydrogen) atoms. The van der Waals surface area contributed by atoms with Crippen LogP contribution in [0.15, 0.2) is 60.7 Å². The molecular formula is C24H26N2O4. The zero-order valence-electron chi connectivity index (χ0n) is 17.1. The van der Waals surface area contributed by atoms with E-state index in [4.69, 9.17) is 0 Å². The maximum atomic E-state index is 12.8. The molecule has 6 nitrogen and oxygen atoms in total. The molecule has 2 amide bonds. The molecule has 6 heteroatoms. The van der Waals surface area contributed by atoms with Gasteiger partial charge in [0, 0.05) is 5.69 Å². The van der Waals surface area contributed by atoms with Gasteiger partial charge in [0.1, 0.15) is 0 Å². The number of hydrogen-bond donors (Lipinski definition) is 3. The largest absolute Gasteiger partial charge is 0.481 e. The van der Waals surface area contributed by atoms with E-state index in [1.807, 2.05) is 30.3 Å². The number of carbonyl (C=O) groups is 3. The number of benzene rings is 2. The van der Waals surface area contributed by atoms with Gasteiger partial charge in [-0.2, -0.15) is 0 Å². The number of carboxylic acid groups (broad SMARTS) is 1. The lowest BCUT2D eigenvalue weighted by atomic mass is 9.82. The second-order valence-corrected chi connectivity index (χ2v) is 7.76. The van der Waals surface area contributed by atoms with Gasteiger partial charge in [0.2, 0.25) is 5.91 Å². The van der Waals surface area contributed by atoms with Crippen LogP contribution in [0.5, 0.6) is 0 Å². The number of para-hydroxylation sites is 1. The number of rotatable bonds is 6. The zero-order chi connectivity index (χ0) is 21.7. The Labute approximate surface area is 176 Å². The first-order valence-corrected chi connectivity index (χ1v) is 10.1. The fourth-order valence-corrected chi connectivity index (χ4v) is 3.54. The Bertz CT molecular complexity index is 963. The molecule has 0 saturated heterocycles. The highest BCUT2D eigenvalue weighted by molar-refractivity contribution is 6.10. The van der Waals surface area contributed by atoms with Crippen molar-refractivity contribution in [3.8, 4) is 0 Å². The van der Waals surface area contributed by atoms with E-state index in [-0.39, 0.29) is 5.91 Å². The van der Waals surface area contributed by atoms with Crippen LogP contribution in [0.4, 0.5) is 11.4 Å². The second-order valence-electron chi connectivity index (χ2n) is 7.76. The third kappa shape index (κ3) is 4.95. The van der Waals surface area contributed by atoms with Crippen molar-refractivity contribution in [1.82, 2.24) is 0 Å². The number of carbonyl (C=O) groups excluding carboxylic acids is 2. The number of hydrogen-bond acceptors (Lipinski definition) is 3. The fourth-order valence-electron chi connectivity index (χ4n) is 3.54. The first-order chi connectivity index (χ1) is 14.4. The predicted octanol–water partition coefficient (Wildman–Crippen LogP) is 4.67. The zero-order valence-corrected chi connectivity index (χ0v) is 17.1. The van der Waals surface area contributed by atoms with E-state index in [9.17, 15) is 19.5 Å². The first-order valence-electron chi connectivity index (χ1n) is 10.1. The number of nitrogens with one attached hydrogen (secondary N) is 2. The highest BCUT2D eigenvalue weighted by atomic mass is 16.4. The molecule has 0 spiro atoms. The summed E-state index contributed by atoms with van der Waals surface area (Å²) in [5.41, 5.74) is 2.51. The summed E-state index contributed by atoms with van der Waals surface area (Å²) < 4.78 is 0. The molecule has 1 aliphatic rings. The van der Waals surface area contributed by atoms with E-state index in [1.54, 1.807) is 30.3 Å². The molecule has 156 valence electrons. The molecule has 0 aromatic heterocycles. The van der Waals surface area contributed by atoms with Crippen molar-refractivity contribution < 1.29 is 19.5 Å². The minimum absolute atomic E-state index is 0.317. The Kier molecular flexibility index (Phi) is 6.67. The lowest BCUT2D eigenvalue weighted by Crippen LogP contribution is -2.35. The summed E-state index contributed by atoms with van der Waals surface area (Å²) in [6.45, 7) is 4.20. The lowest BCUT2D eigenvalue weighted by molar-refractivity contribution is -0.146. The molecule has 2 aromatic rings. The second kappa shape index (κ2) is 9.39. The van der Waals surface area contributed by atoms with Gasteiger partial charge in [-0.25, -0.2) is 0 Å². The molecule has 0 bridgehead atoms. The molecule has 3 rings (SSSR count). The van der Waals surface area contributed by atoms with Crippen LogP contribution in [0.3, 0.4) is 0 Å². The molecule has 2 aromatic carbocycles. The minimum atomic E-state index is -0.990. The number of anilines is 2. The van der Waals surface area contributed by atoms with Crippen LogP contribution >= 0.6 is 0 Å². The van der Waals surface area contributed by atoms with Crippen LogP contribution in [-0.4, -0.2) is 22.9 Å². The molecular weight excluding hydrogens is 380 g/mol. The smallest absolute Gasteiger partial charge is 0.307 e. The fraction of sp³-hybridized carbons (Fsp3) is 0.292. The van der Waals surface area contributed by atoms with Crippen LogP contribution in [-0.2, 0) is 9.59 Å². The Morgan fingerprint density at radius 2 is 1.53 bits per heavy atom. The Morgan fingerprint density at radius 3 is 2.17 bits per heavy atom. The van der Waals surface area contributed by atoms with Gasteiger partial charge in [0.15, 0.2) is 0 Å². The number of carboxylic acids is 1. The van der Waals surface area contributed by atoms with Crippen molar-refractivity contribution in [3.05, 3.63) is 71.8 Å². The molecule has 0 unspecified atom stereocenters. The molecule has 0 saturated carbocycles. The van der Waals surface area contributed by atoms with Crippen molar-refractivity contribution in [1.29, 1.82) is 0 Å². The van der Waals surface area contributed by atoms with E-state index in [2.05, 4.69) is 24.5 Å². The van der Waals surface area contributed by atoms with Crippen LogP contribution in [0.25, 0.3) is 0 Å². The highest BCUT2D eigenvalue weighted by Gasteiger charge is 2.34. The SMILES string of the molecule is CC(C)c1ccc(NC(=O)c2ccccc2NC(=O)[C@@H]2CC=CC[C@H]2C(=O)O)cc1. The van der Waals surface area contributed by atoms with Crippen molar-refractivity contribution in [2.45, 2.75) is 32.6 Å². The van der Waals surface area contributed by atoms with Crippen molar-refractivity contribution in [2.75, 3.05) is 10.6 Å². The predicted molar refractivity (Wildman–Crippen MR) is 117 cm³/mol. The minimum Gasteiger partial charge on any atom is -0.481 e. The van der Waals surface area contributed by atoms with E-state index in [0.29, 0.717) is 35.7 Å². The van der Waals surface area contributed by atoms with E-state index < -0.39 is 23.7 Å². The van der Waals surface area contributed by atoms with Crippen LogP contribution in [0.2, 0.25) is 0 Å². The summed E-state index contributed by atoms with van der Waals surface area (Å²) in [5, 5.41) is 15.0. The number of amides is 2. The number of aliphatic carboxylic acids is 1. The van der Waals surface area contributed by atoms with Crippen molar-refractivity contribution >= 4 is 29.2 Å². The molecule has 1 aliphatic carbocycles. The summed E-state index contributed by atoms with van der Waals surface area (Å²) in [6, 6.07) is 14.3. The maximum Gasteiger partial charge on any atom is 0.307 e. The Hall–Kier alpha value is -3.41. The molecule has 0 radical (unpaired) electrons. The quantitative estimate of drug-likeness (QED) is 0.608. The van der Waals surface area contributed by atoms with Gasteiger partial charge < -0.3 is 15.7 Å². The van der Waals surface area contributed by atoms with E-state index >= 15 is 0 Å². The normalized spacial score (nSPS) is 18.1. The van der Waals surface area contributed by atoms with Gasteiger partial charge in [-0.3, -0.25) is 14.4 Å². The summed E-state index contributed by atoms with van der Waals surface area (Å²) in [7, 11) is 0. The van der Waals surface area contributed by atoms with Crippen LogP contribution < -0.4 is 10.6 Å². The average molecular weight is 406 g/mol. The number of allylic oxidation sites excluding steroid dienone is 2. The topological polar surface area (TPSA) is 95.5 Å². The van der Waals surface area contributed by atoms with E-state index in [1.165, 1.54) is 5.56 Å². The van der Waals surface area contributed by atoms with E-state index in [0.717, 1.165) is 0 Å². The molecule has 3 N–H and O–H groups in total. The van der Waals surface area contributed by atoms with Gasteiger partial charge in [0.05, 0.1) is 23.1 Å². The third-order valence-corrected chi connectivity index (χ3v) is 5.35. The molecule has 0 aliphatic heterocycles. The Morgan fingerprint density at radius 1 is 0.900 bits per heavy atom. The molecule has 0 heterocycles. The third-order valence-electron chi connectivity index (χ3n) is 5.35. The van der Waals surface area contributed by atoms with Gasteiger partial charge in [-0.05, 0) is 48.6 Å². The maximum absolute atomic E-state index is 12.8. The monoisotopic (exact) mass is 406 g/mol. The van der Waals surface area contributed by atoms with Crippen LogP contribution in [0.1, 0.15) is 48.5 Å². The average Bonchev–Trinajstić information content (AvgIpc) is 2.74. The van der Waals surface area contributed by atoms with Crippen LogP contribution in [0, 0.1) is 11.8 Å². The van der Waals surface area contributed by atoms with Crippen molar-refractivity contribution in [3.63, 3.8) is 0 Å². The first kappa shape index (κ1) is 21.3. The standard InChI is InChI=1S/C24H26N2O4/c1-15(2)16-11-13-17(14-12-16)25-23(28)20-9-5-6-10-21(20)26-22(27)18-7-3-4-8-19(18)24(29)30/h3-6,9-15,18-19H,7-8H2,1-2H3,(H,25,28)(H,26,27)(H,29,30)/t18-,19-/m1/s1. The Balaban J connectivity index is 1.75. The van der Waals surface area contributed by atoms with Crippen molar-refractivity contribution in [2.24, 2.45) is 11.8 Å². The van der Waals surface area contributed by atoms with Gasteiger partial charge in [0.25, 0.3) is 5.91 Å². The van der Waals surface area contributed by atoms with Gasteiger partial charge in [-0.1, -0.05) is 50.3 Å². The molecule has 0 fully saturated rings. The highest BCUT2D eigenvalue weighted by Crippen LogP contribution is 2.28. The summed E-state index contributed by atoms with van der Waals surface area (Å²) in [6.07, 6.45) is 4.29. The summed E-state index contributed by atoms with van der Waals surface area (Å²) >= 11 is 0. The summed E-state index contributed by atoms with van der Waals surface area (Å²) in [5.74, 6) is -2.78. The summed E-state index contributed by atoms with van der Waals surface area (Å²) in [4.78, 5) is 37.1. The van der Waals surface area contributed by atoms with Gasteiger partial charge in [-0.15, -0.1) is 0 Å². The van der Waals surface area contributed by atoms with Gasteiger partial charge >= 0.3 is 5.97 Å². The molecule has 2 atom stereocenters.